The summed E-state index contributed by atoms with van der Waals surface area (Å²) in [6.07, 6.45) is 8.90. The zero-order valence-electron chi connectivity index (χ0n) is 9.42. The highest BCUT2D eigenvalue weighted by Crippen LogP contribution is 2.32. The lowest BCUT2D eigenvalue weighted by molar-refractivity contribution is -0.148. The lowest BCUT2D eigenvalue weighted by atomic mass is 9.98. The molecule has 0 aromatic rings. The molecule has 0 aromatic carbocycles. The average molecular weight is 198 g/mol. The quantitative estimate of drug-likeness (QED) is 0.500. The van der Waals surface area contributed by atoms with E-state index in [0.29, 0.717) is 5.92 Å². The molecule has 0 heterocycles. The first-order valence-corrected chi connectivity index (χ1v) is 5.91. The molecule has 14 heavy (non-hydrogen) atoms. The summed E-state index contributed by atoms with van der Waals surface area (Å²) >= 11 is 0. The van der Waals surface area contributed by atoms with Crippen molar-refractivity contribution in [3.05, 3.63) is 0 Å². The summed E-state index contributed by atoms with van der Waals surface area (Å²) in [5, 5.41) is 0. The van der Waals surface area contributed by atoms with Crippen LogP contribution in [0.4, 0.5) is 0 Å². The standard InChI is InChI=1S/C12H22O2/c1-3-4-5-7-11-8-6-9-12(11)14-10(2)13/h11-12H,3-9H2,1-2H3. The van der Waals surface area contributed by atoms with E-state index in [1.165, 1.54) is 45.4 Å². The van der Waals surface area contributed by atoms with Crippen LogP contribution in [0.2, 0.25) is 0 Å². The summed E-state index contributed by atoms with van der Waals surface area (Å²) in [7, 11) is 0. The zero-order chi connectivity index (χ0) is 10.4. The van der Waals surface area contributed by atoms with E-state index in [4.69, 9.17) is 4.74 Å². The minimum absolute atomic E-state index is 0.114. The molecular weight excluding hydrogens is 176 g/mol. The molecule has 0 N–H and O–H groups in total. The van der Waals surface area contributed by atoms with Gasteiger partial charge >= 0.3 is 5.97 Å². The minimum Gasteiger partial charge on any atom is -0.462 e. The SMILES string of the molecule is CCCCCC1CCCC1OC(C)=O. The van der Waals surface area contributed by atoms with Gasteiger partial charge in [-0.05, 0) is 31.6 Å². The Hall–Kier alpha value is -0.530. The molecule has 2 heteroatoms. The van der Waals surface area contributed by atoms with Crippen molar-refractivity contribution in [3.8, 4) is 0 Å². The topological polar surface area (TPSA) is 26.3 Å². The molecule has 0 amide bonds. The maximum atomic E-state index is 10.9. The molecule has 2 unspecified atom stereocenters. The monoisotopic (exact) mass is 198 g/mol. The van der Waals surface area contributed by atoms with Gasteiger partial charge < -0.3 is 4.74 Å². The van der Waals surface area contributed by atoms with Crippen molar-refractivity contribution >= 4 is 5.97 Å². The van der Waals surface area contributed by atoms with Gasteiger partial charge in [0.15, 0.2) is 0 Å². The van der Waals surface area contributed by atoms with Gasteiger partial charge in [0.05, 0.1) is 0 Å². The van der Waals surface area contributed by atoms with Gasteiger partial charge in [-0.1, -0.05) is 26.2 Å². The van der Waals surface area contributed by atoms with Gasteiger partial charge in [0.1, 0.15) is 6.10 Å². The minimum atomic E-state index is -0.114. The molecule has 0 radical (unpaired) electrons. The van der Waals surface area contributed by atoms with Crippen LogP contribution in [-0.4, -0.2) is 12.1 Å². The number of unbranched alkanes of at least 4 members (excludes halogenated alkanes) is 2. The number of hydrogen-bond donors (Lipinski definition) is 0. The highest BCUT2D eigenvalue weighted by atomic mass is 16.5. The molecular formula is C12H22O2. The number of carbonyl (C=O) groups excluding carboxylic acids is 1. The van der Waals surface area contributed by atoms with Crippen molar-refractivity contribution in [2.24, 2.45) is 5.92 Å². The molecule has 0 aliphatic heterocycles. The lowest BCUT2D eigenvalue weighted by Gasteiger charge is -2.19. The molecule has 0 saturated heterocycles. The van der Waals surface area contributed by atoms with Crippen LogP contribution < -0.4 is 0 Å². The second-order valence-corrected chi connectivity index (χ2v) is 4.33. The Morgan fingerprint density at radius 3 is 2.79 bits per heavy atom. The first kappa shape index (κ1) is 11.5. The summed E-state index contributed by atoms with van der Waals surface area (Å²) in [5.74, 6) is 0.530. The Morgan fingerprint density at radius 2 is 2.14 bits per heavy atom. The summed E-state index contributed by atoms with van der Waals surface area (Å²) < 4.78 is 5.32. The third kappa shape index (κ3) is 3.69. The van der Waals surface area contributed by atoms with Gasteiger partial charge in [0, 0.05) is 6.92 Å². The smallest absolute Gasteiger partial charge is 0.302 e. The first-order chi connectivity index (χ1) is 6.74. The summed E-state index contributed by atoms with van der Waals surface area (Å²) in [5.41, 5.74) is 0. The van der Waals surface area contributed by atoms with Gasteiger partial charge in [0.25, 0.3) is 0 Å². The number of carbonyl (C=O) groups is 1. The van der Waals surface area contributed by atoms with Crippen LogP contribution in [0, 0.1) is 5.92 Å². The van der Waals surface area contributed by atoms with E-state index in [2.05, 4.69) is 6.92 Å². The van der Waals surface area contributed by atoms with Crippen molar-refractivity contribution in [1.82, 2.24) is 0 Å². The van der Waals surface area contributed by atoms with Crippen LogP contribution in [0.15, 0.2) is 0 Å². The molecule has 1 aliphatic rings. The fourth-order valence-corrected chi connectivity index (χ4v) is 2.36. The van der Waals surface area contributed by atoms with Gasteiger partial charge in [-0.2, -0.15) is 0 Å². The van der Waals surface area contributed by atoms with E-state index in [1.54, 1.807) is 0 Å². The Labute approximate surface area is 87.0 Å². The zero-order valence-corrected chi connectivity index (χ0v) is 9.42. The summed E-state index contributed by atoms with van der Waals surface area (Å²) in [4.78, 5) is 10.9. The number of rotatable bonds is 5. The number of hydrogen-bond acceptors (Lipinski definition) is 2. The fourth-order valence-electron chi connectivity index (χ4n) is 2.36. The molecule has 0 aromatic heterocycles. The van der Waals surface area contributed by atoms with Gasteiger partial charge in [-0.15, -0.1) is 0 Å². The fraction of sp³-hybridized carbons (Fsp3) is 0.917. The molecule has 0 bridgehead atoms. The lowest BCUT2D eigenvalue weighted by Crippen LogP contribution is -2.20. The maximum absolute atomic E-state index is 10.9. The van der Waals surface area contributed by atoms with Crippen molar-refractivity contribution in [3.63, 3.8) is 0 Å². The van der Waals surface area contributed by atoms with Gasteiger partial charge in [0.2, 0.25) is 0 Å². The Morgan fingerprint density at radius 1 is 1.36 bits per heavy atom. The Balaban J connectivity index is 2.24. The molecule has 1 rings (SSSR count). The Bertz CT molecular complexity index is 177. The highest BCUT2D eigenvalue weighted by molar-refractivity contribution is 5.66. The van der Waals surface area contributed by atoms with Crippen molar-refractivity contribution in [2.45, 2.75) is 64.9 Å². The normalized spacial score (nSPS) is 26.4. The Kier molecular flexibility index (Phi) is 4.99. The van der Waals surface area contributed by atoms with Crippen LogP contribution in [0.3, 0.4) is 0 Å². The molecule has 1 saturated carbocycles. The molecule has 82 valence electrons. The van der Waals surface area contributed by atoms with Crippen molar-refractivity contribution in [1.29, 1.82) is 0 Å². The third-order valence-corrected chi connectivity index (χ3v) is 3.09. The maximum Gasteiger partial charge on any atom is 0.302 e. The van der Waals surface area contributed by atoms with Crippen LogP contribution >= 0.6 is 0 Å². The number of ether oxygens (including phenoxy) is 1. The molecule has 2 nitrogen and oxygen atoms in total. The predicted molar refractivity (Wildman–Crippen MR) is 57.0 cm³/mol. The van der Waals surface area contributed by atoms with E-state index in [1.807, 2.05) is 0 Å². The van der Waals surface area contributed by atoms with Crippen LogP contribution in [0.5, 0.6) is 0 Å². The van der Waals surface area contributed by atoms with Gasteiger partial charge in [-0.3, -0.25) is 4.79 Å². The second kappa shape index (κ2) is 6.05. The van der Waals surface area contributed by atoms with E-state index in [9.17, 15) is 4.79 Å². The van der Waals surface area contributed by atoms with Crippen molar-refractivity contribution < 1.29 is 9.53 Å². The highest BCUT2D eigenvalue weighted by Gasteiger charge is 2.28. The molecule has 1 aliphatic carbocycles. The average Bonchev–Trinajstić information content (AvgIpc) is 2.52. The van der Waals surface area contributed by atoms with Crippen LogP contribution in [0.1, 0.15) is 58.8 Å². The third-order valence-electron chi connectivity index (χ3n) is 3.09. The van der Waals surface area contributed by atoms with Crippen LogP contribution in [-0.2, 0) is 9.53 Å². The second-order valence-electron chi connectivity index (χ2n) is 4.33. The van der Waals surface area contributed by atoms with Crippen LogP contribution in [0.25, 0.3) is 0 Å². The summed E-state index contributed by atoms with van der Waals surface area (Å²) in [6.45, 7) is 3.74. The largest absolute Gasteiger partial charge is 0.462 e. The van der Waals surface area contributed by atoms with E-state index >= 15 is 0 Å². The van der Waals surface area contributed by atoms with E-state index in [-0.39, 0.29) is 12.1 Å². The number of esters is 1. The van der Waals surface area contributed by atoms with E-state index in [0.717, 1.165) is 6.42 Å². The van der Waals surface area contributed by atoms with Crippen molar-refractivity contribution in [2.75, 3.05) is 0 Å². The van der Waals surface area contributed by atoms with Gasteiger partial charge in [-0.25, -0.2) is 0 Å². The molecule has 2 atom stereocenters. The van der Waals surface area contributed by atoms with E-state index < -0.39 is 0 Å². The molecule has 0 spiro atoms. The summed E-state index contributed by atoms with van der Waals surface area (Å²) in [6, 6.07) is 0. The molecule has 1 fully saturated rings. The predicted octanol–water partition coefficient (Wildman–Crippen LogP) is 3.30. The first-order valence-electron chi connectivity index (χ1n) is 5.91.